The summed E-state index contributed by atoms with van der Waals surface area (Å²) in [5, 5.41) is 3.12. The van der Waals surface area contributed by atoms with Crippen LogP contribution in [0, 0.1) is 6.85 Å². The summed E-state index contributed by atoms with van der Waals surface area (Å²) in [7, 11) is 0. The lowest BCUT2D eigenvalue weighted by Crippen LogP contribution is -2.14. The Morgan fingerprint density at radius 2 is 1.28 bits per heavy atom. The van der Waals surface area contributed by atoms with Crippen molar-refractivity contribution in [3.05, 3.63) is 132 Å². The summed E-state index contributed by atoms with van der Waals surface area (Å²) in [5.41, 5.74) is 2.77. The highest BCUT2D eigenvalue weighted by molar-refractivity contribution is 6.18. The molecule has 1 aromatic heterocycles. The third-order valence-electron chi connectivity index (χ3n) is 8.02. The Balaban J connectivity index is 1.50. The Morgan fingerprint density at radius 1 is 0.641 bits per heavy atom. The molecule has 1 aliphatic carbocycles. The van der Waals surface area contributed by atoms with Crippen LogP contribution in [0.5, 0.6) is 0 Å². The highest BCUT2D eigenvalue weighted by atomic mass is 15.1. The monoisotopic (exact) mass is 509 g/mol. The van der Waals surface area contributed by atoms with Crippen LogP contribution >= 0.6 is 0 Å². The third kappa shape index (κ3) is 3.00. The number of aromatic nitrogens is 2. The van der Waals surface area contributed by atoms with Crippen molar-refractivity contribution in [1.29, 1.82) is 0 Å². The normalized spacial score (nSPS) is 18.1. The van der Waals surface area contributed by atoms with E-state index < -0.39 is 26.0 Å². The zero-order valence-corrected chi connectivity index (χ0v) is 20.9. The van der Waals surface area contributed by atoms with Crippen LogP contribution < -0.4 is 0 Å². The third-order valence-corrected chi connectivity index (χ3v) is 8.02. The molecule has 2 nitrogen and oxygen atoms in total. The summed E-state index contributed by atoms with van der Waals surface area (Å²) in [4.78, 5) is 4.57. The standard InChI is InChI=1S/C37H28N2/c1-23-38-33-18-10-11-19-34(33)39(23)36-29-15-6-4-13-27(29)35(28-14-5-7-16-30(28)36)24-20-21-26-25-12-8-9-17-31(25)37(2,3)32(26)22-24/h4-22H,1-3H3/i1D3,2D3,3D3. The Morgan fingerprint density at radius 3 is 2.03 bits per heavy atom. The second kappa shape index (κ2) is 7.91. The van der Waals surface area contributed by atoms with Crippen LogP contribution in [0.15, 0.2) is 115 Å². The maximum absolute atomic E-state index is 8.69. The molecule has 0 radical (unpaired) electrons. The molecule has 0 aliphatic heterocycles. The molecule has 0 saturated heterocycles. The topological polar surface area (TPSA) is 17.8 Å². The summed E-state index contributed by atoms with van der Waals surface area (Å²) in [6.07, 6.45) is 0. The lowest BCUT2D eigenvalue weighted by Gasteiger charge is -2.23. The molecule has 0 spiro atoms. The van der Waals surface area contributed by atoms with E-state index in [2.05, 4.69) is 4.98 Å². The van der Waals surface area contributed by atoms with Gasteiger partial charge in [0.15, 0.2) is 0 Å². The molecule has 6 aromatic carbocycles. The minimum Gasteiger partial charge on any atom is -0.295 e. The average molecular weight is 510 g/mol. The Kier molecular flexibility index (Phi) is 3.05. The van der Waals surface area contributed by atoms with Gasteiger partial charge in [0.05, 0.1) is 16.7 Å². The first-order valence-electron chi connectivity index (χ1n) is 17.4. The molecule has 0 bridgehead atoms. The van der Waals surface area contributed by atoms with Gasteiger partial charge in [-0.25, -0.2) is 4.98 Å². The molecule has 0 fully saturated rings. The van der Waals surface area contributed by atoms with Gasteiger partial charge < -0.3 is 0 Å². The highest BCUT2D eigenvalue weighted by Gasteiger charge is 2.35. The number of rotatable bonds is 2. The van der Waals surface area contributed by atoms with E-state index in [1.54, 1.807) is 41.0 Å². The molecule has 0 atom stereocenters. The first kappa shape index (κ1) is 15.0. The first-order valence-corrected chi connectivity index (χ1v) is 12.9. The van der Waals surface area contributed by atoms with Gasteiger partial charge in [-0.1, -0.05) is 111 Å². The first-order chi connectivity index (χ1) is 22.7. The van der Waals surface area contributed by atoms with Crippen molar-refractivity contribution in [2.45, 2.75) is 26.0 Å². The van der Waals surface area contributed by atoms with Crippen molar-refractivity contribution in [1.82, 2.24) is 9.55 Å². The van der Waals surface area contributed by atoms with Crippen molar-refractivity contribution in [2.24, 2.45) is 0 Å². The van der Waals surface area contributed by atoms with Gasteiger partial charge in [-0.3, -0.25) is 4.57 Å². The van der Waals surface area contributed by atoms with Crippen LogP contribution in [-0.2, 0) is 5.41 Å². The van der Waals surface area contributed by atoms with Gasteiger partial charge in [0.1, 0.15) is 5.82 Å². The number of hydrogen-bond acceptors (Lipinski definition) is 1. The molecule has 2 heteroatoms. The van der Waals surface area contributed by atoms with E-state index >= 15 is 0 Å². The predicted octanol–water partition coefficient (Wildman–Crippen LogP) is 9.61. The zero-order chi connectivity index (χ0) is 33.8. The zero-order valence-electron chi connectivity index (χ0n) is 29.9. The van der Waals surface area contributed by atoms with Gasteiger partial charge in [0, 0.05) is 28.5 Å². The van der Waals surface area contributed by atoms with E-state index in [-0.39, 0.29) is 17.0 Å². The molecule has 0 amide bonds. The fraction of sp³-hybridized carbons (Fsp3) is 0.108. The quantitative estimate of drug-likeness (QED) is 0.212. The minimum absolute atomic E-state index is 0.0535. The molecule has 1 aliphatic rings. The van der Waals surface area contributed by atoms with Crippen LogP contribution in [0.1, 0.15) is 43.0 Å². The van der Waals surface area contributed by atoms with E-state index in [0.717, 1.165) is 27.1 Å². The predicted molar refractivity (Wildman–Crippen MR) is 164 cm³/mol. The summed E-state index contributed by atoms with van der Waals surface area (Å²) in [6, 6.07) is 35.1. The van der Waals surface area contributed by atoms with E-state index in [1.165, 1.54) is 0 Å². The summed E-state index contributed by atoms with van der Waals surface area (Å²) >= 11 is 0. The van der Waals surface area contributed by atoms with E-state index in [9.17, 15) is 0 Å². The molecular weight excluding hydrogens is 472 g/mol. The second-order valence-electron chi connectivity index (χ2n) is 10.1. The molecule has 0 unspecified atom stereocenters. The fourth-order valence-corrected chi connectivity index (χ4v) is 6.34. The van der Waals surface area contributed by atoms with E-state index in [4.69, 9.17) is 12.3 Å². The number of fused-ring (bicyclic) bond motifs is 6. The van der Waals surface area contributed by atoms with Crippen molar-refractivity contribution in [3.63, 3.8) is 0 Å². The SMILES string of the molecule is [2H]C([2H])([2H])c1nc2ccccc2n1-c1c2ccccc2c(-c2ccc3c(c2)C(C([2H])([2H])[2H])(C([2H])([2H])[2H])c2ccccc2-3)c2ccccc12. The number of benzene rings is 6. The van der Waals surface area contributed by atoms with Crippen LogP contribution in [0.2, 0.25) is 0 Å². The van der Waals surface area contributed by atoms with Crippen LogP contribution in [0.3, 0.4) is 0 Å². The molecule has 39 heavy (non-hydrogen) atoms. The largest absolute Gasteiger partial charge is 0.295 e. The van der Waals surface area contributed by atoms with E-state index in [0.29, 0.717) is 33.4 Å². The van der Waals surface area contributed by atoms with Crippen molar-refractivity contribution in [2.75, 3.05) is 0 Å². The van der Waals surface area contributed by atoms with E-state index in [1.807, 2.05) is 78.9 Å². The minimum atomic E-state index is -2.89. The smallest absolute Gasteiger partial charge is 0.111 e. The lowest BCUT2D eigenvalue weighted by molar-refractivity contribution is 0.660. The average Bonchev–Trinajstić information content (AvgIpc) is 3.58. The highest BCUT2D eigenvalue weighted by Crippen LogP contribution is 2.51. The Labute approximate surface area is 240 Å². The van der Waals surface area contributed by atoms with Crippen molar-refractivity contribution >= 4 is 32.6 Å². The van der Waals surface area contributed by atoms with Crippen LogP contribution in [0.25, 0.3) is 60.5 Å². The fourth-order valence-electron chi connectivity index (χ4n) is 6.34. The van der Waals surface area contributed by atoms with Crippen molar-refractivity contribution in [3.8, 4) is 27.9 Å². The molecule has 7 aromatic rings. The summed E-state index contributed by atoms with van der Waals surface area (Å²) < 4.78 is 79.1. The number of hydrogen-bond donors (Lipinski definition) is 0. The molecule has 0 N–H and O–H groups in total. The number of imidazole rings is 1. The van der Waals surface area contributed by atoms with Gasteiger partial charge >= 0.3 is 0 Å². The molecule has 8 rings (SSSR count). The molecule has 1 heterocycles. The molecule has 186 valence electrons. The second-order valence-corrected chi connectivity index (χ2v) is 10.1. The number of nitrogens with zero attached hydrogens (tertiary/aromatic N) is 2. The molecule has 0 saturated carbocycles. The molecular formula is C37H28N2. The van der Waals surface area contributed by atoms with Gasteiger partial charge in [-0.05, 0) is 69.2 Å². The van der Waals surface area contributed by atoms with Gasteiger partial charge in [0.25, 0.3) is 0 Å². The lowest BCUT2D eigenvalue weighted by atomic mass is 9.81. The van der Waals surface area contributed by atoms with Gasteiger partial charge in [0.2, 0.25) is 0 Å². The van der Waals surface area contributed by atoms with Crippen LogP contribution in [0.4, 0.5) is 0 Å². The number of para-hydroxylation sites is 2. The maximum atomic E-state index is 8.69. The summed E-state index contributed by atoms with van der Waals surface area (Å²) in [5.74, 6) is -0.0535. The van der Waals surface area contributed by atoms with Crippen molar-refractivity contribution < 1.29 is 12.3 Å². The summed E-state index contributed by atoms with van der Waals surface area (Å²) in [6.45, 7) is -8.29. The van der Waals surface area contributed by atoms with Gasteiger partial charge in [-0.15, -0.1) is 0 Å². The Hall–Kier alpha value is -4.69. The maximum Gasteiger partial charge on any atom is 0.111 e. The van der Waals surface area contributed by atoms with Gasteiger partial charge in [-0.2, -0.15) is 0 Å². The van der Waals surface area contributed by atoms with Crippen LogP contribution in [-0.4, -0.2) is 9.55 Å². The number of aryl methyl sites for hydroxylation is 1. The Bertz CT molecular complexity index is 2360.